The number of rotatable bonds is 5. The smallest absolute Gasteiger partial charge is 0.243 e. The van der Waals surface area contributed by atoms with Crippen LogP contribution in [-0.4, -0.2) is 53.6 Å². The van der Waals surface area contributed by atoms with Gasteiger partial charge in [0.05, 0.1) is 17.3 Å². The van der Waals surface area contributed by atoms with E-state index in [0.717, 1.165) is 30.5 Å². The van der Waals surface area contributed by atoms with Gasteiger partial charge in [0, 0.05) is 43.3 Å². The average molecular weight is 429 g/mol. The van der Waals surface area contributed by atoms with E-state index in [0.29, 0.717) is 37.7 Å². The summed E-state index contributed by atoms with van der Waals surface area (Å²) in [6, 6.07) is 9.76. The Morgan fingerprint density at radius 2 is 1.83 bits per heavy atom. The van der Waals surface area contributed by atoms with Gasteiger partial charge in [0.2, 0.25) is 10.0 Å². The van der Waals surface area contributed by atoms with Crippen molar-refractivity contribution in [1.29, 1.82) is 0 Å². The highest BCUT2D eigenvalue weighted by Crippen LogP contribution is 2.27. The molecule has 1 saturated heterocycles. The van der Waals surface area contributed by atoms with Gasteiger partial charge in [-0.15, -0.1) is 0 Å². The number of nitrogens with zero attached hydrogens (tertiary/aromatic N) is 4. The first kappa shape index (κ1) is 19.0. The van der Waals surface area contributed by atoms with Gasteiger partial charge >= 0.3 is 0 Å². The molecular weight excluding hydrogens is 404 g/mol. The number of aryl methyl sites for hydroxylation is 2. The Balaban J connectivity index is 1.22. The lowest BCUT2D eigenvalue weighted by atomic mass is 10.1. The van der Waals surface area contributed by atoms with Gasteiger partial charge in [-0.2, -0.15) is 20.7 Å². The van der Waals surface area contributed by atoms with E-state index in [1.165, 1.54) is 11.1 Å². The predicted molar refractivity (Wildman–Crippen MR) is 114 cm³/mol. The quantitative estimate of drug-likeness (QED) is 0.627. The Bertz CT molecular complexity index is 1100. The lowest BCUT2D eigenvalue weighted by molar-refractivity contribution is 0.146. The molecule has 0 bridgehead atoms. The highest BCUT2D eigenvalue weighted by molar-refractivity contribution is 7.89. The van der Waals surface area contributed by atoms with Gasteiger partial charge in [0.1, 0.15) is 0 Å². The lowest BCUT2D eigenvalue weighted by Gasteiger charge is -2.33. The second-order valence-electron chi connectivity index (χ2n) is 7.70. The van der Waals surface area contributed by atoms with Crippen molar-refractivity contribution in [2.24, 2.45) is 0 Å². The fraction of sp³-hybridized carbons (Fsp3) is 0.381. The van der Waals surface area contributed by atoms with Gasteiger partial charge < -0.3 is 0 Å². The van der Waals surface area contributed by atoms with Crippen LogP contribution in [0.15, 0.2) is 52.2 Å². The van der Waals surface area contributed by atoms with E-state index < -0.39 is 10.0 Å². The third-order valence-electron chi connectivity index (χ3n) is 5.84. The third-order valence-corrected chi connectivity index (χ3v) is 8.42. The number of fused-ring (bicyclic) bond motifs is 1. The summed E-state index contributed by atoms with van der Waals surface area (Å²) in [4.78, 5) is 2.69. The Morgan fingerprint density at radius 1 is 1.00 bits per heavy atom. The van der Waals surface area contributed by atoms with Crippen molar-refractivity contribution in [3.8, 4) is 11.3 Å². The average Bonchev–Trinajstić information content (AvgIpc) is 3.48. The Kier molecular flexibility index (Phi) is 5.03. The van der Waals surface area contributed by atoms with Gasteiger partial charge in [-0.1, -0.05) is 6.07 Å². The first-order valence-electron chi connectivity index (χ1n) is 10.00. The van der Waals surface area contributed by atoms with Crippen LogP contribution in [0.4, 0.5) is 0 Å². The van der Waals surface area contributed by atoms with Crippen molar-refractivity contribution < 1.29 is 8.42 Å². The van der Waals surface area contributed by atoms with Crippen molar-refractivity contribution in [1.82, 2.24) is 19.0 Å². The molecular formula is C21H24N4O2S2. The van der Waals surface area contributed by atoms with Crippen LogP contribution >= 0.6 is 11.3 Å². The maximum Gasteiger partial charge on any atom is 0.243 e. The predicted octanol–water partition coefficient (Wildman–Crippen LogP) is 3.06. The normalized spacial score (nSPS) is 18.2. The Hall–Kier alpha value is -2.00. The molecule has 2 aromatic heterocycles. The summed E-state index contributed by atoms with van der Waals surface area (Å²) in [5.41, 5.74) is 4.61. The molecule has 0 saturated carbocycles. The SMILES string of the molecule is O=S(=O)(c1ccc2c(c1)CCC2)N1CCN(Cn2ccc(-c3ccsc3)n2)CC1. The largest absolute Gasteiger partial charge is 0.282 e. The highest BCUT2D eigenvalue weighted by atomic mass is 32.2. The number of benzene rings is 1. The first-order chi connectivity index (χ1) is 14.1. The molecule has 0 radical (unpaired) electrons. The molecule has 29 heavy (non-hydrogen) atoms. The van der Waals surface area contributed by atoms with Crippen LogP contribution in [0.2, 0.25) is 0 Å². The van der Waals surface area contributed by atoms with Gasteiger partial charge in [0.15, 0.2) is 0 Å². The van der Waals surface area contributed by atoms with Crippen molar-refractivity contribution in [3.63, 3.8) is 0 Å². The molecule has 8 heteroatoms. The van der Waals surface area contributed by atoms with Crippen LogP contribution < -0.4 is 0 Å². The van der Waals surface area contributed by atoms with Gasteiger partial charge in [-0.05, 0) is 60.0 Å². The van der Waals surface area contributed by atoms with E-state index in [1.807, 2.05) is 29.1 Å². The van der Waals surface area contributed by atoms with Crippen LogP contribution in [0.3, 0.4) is 0 Å². The lowest BCUT2D eigenvalue weighted by Crippen LogP contribution is -2.48. The van der Waals surface area contributed by atoms with E-state index in [2.05, 4.69) is 26.8 Å². The van der Waals surface area contributed by atoms with Crippen molar-refractivity contribution in [2.75, 3.05) is 26.2 Å². The number of aromatic nitrogens is 2. The van der Waals surface area contributed by atoms with Crippen LogP contribution in [0.1, 0.15) is 17.5 Å². The number of hydrogen-bond donors (Lipinski definition) is 0. The first-order valence-corrected chi connectivity index (χ1v) is 12.4. The minimum atomic E-state index is -3.42. The maximum atomic E-state index is 13.1. The summed E-state index contributed by atoms with van der Waals surface area (Å²) in [5, 5.41) is 8.79. The summed E-state index contributed by atoms with van der Waals surface area (Å²) in [6.07, 6.45) is 5.17. The number of thiophene rings is 1. The zero-order valence-corrected chi connectivity index (χ0v) is 17.8. The van der Waals surface area contributed by atoms with E-state index in [1.54, 1.807) is 21.7 Å². The van der Waals surface area contributed by atoms with Gasteiger partial charge in [-0.3, -0.25) is 9.58 Å². The molecule has 152 valence electrons. The van der Waals surface area contributed by atoms with Crippen LogP contribution in [0.5, 0.6) is 0 Å². The van der Waals surface area contributed by atoms with Crippen LogP contribution in [-0.2, 0) is 29.5 Å². The molecule has 1 fully saturated rings. The summed E-state index contributed by atoms with van der Waals surface area (Å²) in [5.74, 6) is 0. The fourth-order valence-electron chi connectivity index (χ4n) is 4.18. The molecule has 0 amide bonds. The van der Waals surface area contributed by atoms with Crippen LogP contribution in [0, 0.1) is 0 Å². The molecule has 0 atom stereocenters. The second kappa shape index (κ2) is 7.68. The zero-order valence-electron chi connectivity index (χ0n) is 16.2. The molecule has 3 heterocycles. The standard InChI is InChI=1S/C21H24N4O2S2/c26-29(27,20-5-4-17-2-1-3-18(17)14-20)25-11-9-23(10-12-25)16-24-8-6-21(22-24)19-7-13-28-15-19/h4-8,13-15H,1-3,9-12,16H2. The van der Waals surface area contributed by atoms with E-state index in [4.69, 9.17) is 0 Å². The third kappa shape index (κ3) is 3.77. The molecule has 0 spiro atoms. The van der Waals surface area contributed by atoms with Crippen molar-refractivity contribution in [3.05, 3.63) is 58.4 Å². The Morgan fingerprint density at radius 3 is 2.62 bits per heavy atom. The summed E-state index contributed by atoms with van der Waals surface area (Å²) in [6.45, 7) is 3.11. The van der Waals surface area contributed by atoms with E-state index in [9.17, 15) is 8.42 Å². The van der Waals surface area contributed by atoms with Crippen molar-refractivity contribution in [2.45, 2.75) is 30.8 Å². The molecule has 2 aliphatic rings. The topological polar surface area (TPSA) is 58.4 Å². The zero-order chi connectivity index (χ0) is 19.8. The van der Waals surface area contributed by atoms with E-state index >= 15 is 0 Å². The summed E-state index contributed by atoms with van der Waals surface area (Å²) >= 11 is 1.66. The molecule has 1 aliphatic carbocycles. The monoisotopic (exact) mass is 428 g/mol. The highest BCUT2D eigenvalue weighted by Gasteiger charge is 2.29. The second-order valence-corrected chi connectivity index (χ2v) is 10.4. The fourth-order valence-corrected chi connectivity index (χ4v) is 6.30. The molecule has 0 unspecified atom stereocenters. The minimum absolute atomic E-state index is 0.444. The van der Waals surface area contributed by atoms with Gasteiger partial charge in [-0.25, -0.2) is 8.42 Å². The molecule has 1 aliphatic heterocycles. The Labute approximate surface area is 175 Å². The summed E-state index contributed by atoms with van der Waals surface area (Å²) < 4.78 is 29.7. The van der Waals surface area contributed by atoms with E-state index in [-0.39, 0.29) is 0 Å². The molecule has 0 N–H and O–H groups in total. The molecule has 3 aromatic rings. The maximum absolute atomic E-state index is 13.1. The number of hydrogen-bond acceptors (Lipinski definition) is 5. The van der Waals surface area contributed by atoms with Crippen molar-refractivity contribution >= 4 is 21.4 Å². The molecule has 5 rings (SSSR count). The summed E-state index contributed by atoms with van der Waals surface area (Å²) in [7, 11) is -3.42. The number of piperazine rings is 1. The minimum Gasteiger partial charge on any atom is -0.282 e. The number of sulfonamides is 1. The molecule has 6 nitrogen and oxygen atoms in total. The van der Waals surface area contributed by atoms with Gasteiger partial charge in [0.25, 0.3) is 0 Å². The van der Waals surface area contributed by atoms with Crippen LogP contribution in [0.25, 0.3) is 11.3 Å². The molecule has 1 aromatic carbocycles.